The van der Waals surface area contributed by atoms with Crippen LogP contribution < -0.4 is 10.1 Å². The Bertz CT molecular complexity index is 1030. The zero-order valence-corrected chi connectivity index (χ0v) is 17.1. The first kappa shape index (κ1) is 18.8. The molecule has 4 rings (SSSR count). The Balaban J connectivity index is 1.50. The number of nitrogens with one attached hydrogen (secondary N) is 1. The Labute approximate surface area is 167 Å². The second-order valence-electron chi connectivity index (χ2n) is 7.02. The standard InChI is InChI=1S/C21H23N3O3S/c1-12-18-13(2)22-14(3)23-21(18)28-19(12)20(25)24-15-6-4-7-16(10-15)27-11-17-8-5-9-26-17/h4,6-7,10,17H,5,8-9,11H2,1-3H3,(H,24,25). The van der Waals surface area contributed by atoms with Crippen LogP contribution in [-0.4, -0.2) is 35.2 Å². The van der Waals surface area contributed by atoms with Crippen LogP contribution >= 0.6 is 11.3 Å². The molecule has 1 aromatic carbocycles. The third-order valence-electron chi connectivity index (χ3n) is 4.84. The van der Waals surface area contributed by atoms with Crippen molar-refractivity contribution in [1.82, 2.24) is 9.97 Å². The third-order valence-corrected chi connectivity index (χ3v) is 6.03. The molecular weight excluding hydrogens is 374 g/mol. The molecule has 0 bridgehead atoms. The molecule has 1 aliphatic rings. The molecule has 2 aromatic heterocycles. The van der Waals surface area contributed by atoms with E-state index in [1.165, 1.54) is 11.3 Å². The summed E-state index contributed by atoms with van der Waals surface area (Å²) in [5.41, 5.74) is 2.52. The first-order valence-corrected chi connectivity index (χ1v) is 10.2. The van der Waals surface area contributed by atoms with Crippen molar-refractivity contribution < 1.29 is 14.3 Å². The van der Waals surface area contributed by atoms with E-state index in [0.29, 0.717) is 23.0 Å². The van der Waals surface area contributed by atoms with Gasteiger partial charge in [-0.15, -0.1) is 11.3 Å². The highest BCUT2D eigenvalue weighted by Crippen LogP contribution is 2.32. The van der Waals surface area contributed by atoms with Crippen molar-refractivity contribution in [2.24, 2.45) is 0 Å². The van der Waals surface area contributed by atoms with Crippen molar-refractivity contribution in [3.8, 4) is 5.75 Å². The van der Waals surface area contributed by atoms with Crippen molar-refractivity contribution in [1.29, 1.82) is 0 Å². The normalized spacial score (nSPS) is 16.5. The minimum Gasteiger partial charge on any atom is -0.491 e. The molecule has 0 aliphatic carbocycles. The number of anilines is 1. The van der Waals surface area contributed by atoms with Gasteiger partial charge in [0, 0.05) is 29.4 Å². The highest BCUT2D eigenvalue weighted by molar-refractivity contribution is 7.20. The minimum absolute atomic E-state index is 0.145. The van der Waals surface area contributed by atoms with Crippen LogP contribution in [-0.2, 0) is 4.74 Å². The van der Waals surface area contributed by atoms with Gasteiger partial charge in [-0.2, -0.15) is 0 Å². The molecule has 7 heteroatoms. The Kier molecular flexibility index (Phi) is 5.28. The lowest BCUT2D eigenvalue weighted by molar-refractivity contribution is 0.0680. The summed E-state index contributed by atoms with van der Waals surface area (Å²) in [7, 11) is 0. The van der Waals surface area contributed by atoms with E-state index >= 15 is 0 Å². The summed E-state index contributed by atoms with van der Waals surface area (Å²) in [5, 5.41) is 3.94. The Morgan fingerprint density at radius 3 is 2.96 bits per heavy atom. The largest absolute Gasteiger partial charge is 0.491 e. The molecular formula is C21H23N3O3S. The van der Waals surface area contributed by atoms with E-state index in [1.54, 1.807) is 0 Å². The van der Waals surface area contributed by atoms with Gasteiger partial charge in [0.05, 0.1) is 11.0 Å². The van der Waals surface area contributed by atoms with E-state index in [9.17, 15) is 4.79 Å². The number of hydrogen-bond donors (Lipinski definition) is 1. The summed E-state index contributed by atoms with van der Waals surface area (Å²) < 4.78 is 11.4. The number of hydrogen-bond acceptors (Lipinski definition) is 6. The number of aryl methyl sites for hydroxylation is 3. The monoisotopic (exact) mass is 397 g/mol. The number of fused-ring (bicyclic) bond motifs is 1. The van der Waals surface area contributed by atoms with Crippen LogP contribution in [0, 0.1) is 20.8 Å². The van der Waals surface area contributed by atoms with Crippen LogP contribution in [0.4, 0.5) is 5.69 Å². The molecule has 0 saturated carbocycles. The van der Waals surface area contributed by atoms with Crippen molar-refractivity contribution in [3.63, 3.8) is 0 Å². The zero-order chi connectivity index (χ0) is 19.7. The van der Waals surface area contributed by atoms with Crippen molar-refractivity contribution >= 4 is 33.1 Å². The topological polar surface area (TPSA) is 73.3 Å². The van der Waals surface area contributed by atoms with Crippen molar-refractivity contribution in [2.45, 2.75) is 39.7 Å². The number of carbonyl (C=O) groups excluding carboxylic acids is 1. The van der Waals surface area contributed by atoms with Crippen molar-refractivity contribution in [2.75, 3.05) is 18.5 Å². The predicted octanol–water partition coefficient (Wildman–Crippen LogP) is 4.43. The average molecular weight is 398 g/mol. The molecule has 3 aromatic rings. The SMILES string of the molecule is Cc1nc(C)c2c(C)c(C(=O)Nc3cccc(OCC4CCCO4)c3)sc2n1. The van der Waals surface area contributed by atoms with Gasteiger partial charge in [-0.05, 0) is 51.3 Å². The van der Waals surface area contributed by atoms with Crippen LogP contribution in [0.3, 0.4) is 0 Å². The molecule has 3 heterocycles. The third kappa shape index (κ3) is 3.86. The van der Waals surface area contributed by atoms with Crippen LogP contribution in [0.15, 0.2) is 24.3 Å². The van der Waals surface area contributed by atoms with Gasteiger partial charge in [-0.3, -0.25) is 4.79 Å². The fourth-order valence-corrected chi connectivity index (χ4v) is 4.68. The van der Waals surface area contributed by atoms with Gasteiger partial charge in [-0.1, -0.05) is 6.07 Å². The maximum Gasteiger partial charge on any atom is 0.266 e. The second-order valence-corrected chi connectivity index (χ2v) is 8.02. The Morgan fingerprint density at radius 2 is 2.18 bits per heavy atom. The van der Waals surface area contributed by atoms with Gasteiger partial charge in [0.1, 0.15) is 23.0 Å². The minimum atomic E-state index is -0.145. The summed E-state index contributed by atoms with van der Waals surface area (Å²) in [5.74, 6) is 1.29. The van der Waals surface area contributed by atoms with Gasteiger partial charge >= 0.3 is 0 Å². The maximum atomic E-state index is 12.9. The number of carbonyl (C=O) groups is 1. The lowest BCUT2D eigenvalue weighted by Gasteiger charge is -2.12. The molecule has 6 nitrogen and oxygen atoms in total. The van der Waals surface area contributed by atoms with Crippen LogP contribution in [0.1, 0.15) is 39.6 Å². The lowest BCUT2D eigenvalue weighted by Crippen LogP contribution is -2.16. The summed E-state index contributed by atoms with van der Waals surface area (Å²) in [4.78, 5) is 23.3. The smallest absolute Gasteiger partial charge is 0.266 e. The van der Waals surface area contributed by atoms with E-state index in [1.807, 2.05) is 45.0 Å². The van der Waals surface area contributed by atoms with E-state index in [-0.39, 0.29) is 12.0 Å². The highest BCUT2D eigenvalue weighted by atomic mass is 32.1. The number of aromatic nitrogens is 2. The number of thiophene rings is 1. The average Bonchev–Trinajstić information content (AvgIpc) is 3.28. The molecule has 28 heavy (non-hydrogen) atoms. The molecule has 1 N–H and O–H groups in total. The van der Waals surface area contributed by atoms with Gasteiger partial charge in [0.15, 0.2) is 0 Å². The van der Waals surface area contributed by atoms with Gasteiger partial charge < -0.3 is 14.8 Å². The fraction of sp³-hybridized carbons (Fsp3) is 0.381. The summed E-state index contributed by atoms with van der Waals surface area (Å²) >= 11 is 1.40. The molecule has 1 saturated heterocycles. The number of ether oxygens (including phenoxy) is 2. The summed E-state index contributed by atoms with van der Waals surface area (Å²) in [6.45, 7) is 7.10. The summed E-state index contributed by atoms with van der Waals surface area (Å²) in [6, 6.07) is 7.45. The Hall–Kier alpha value is -2.51. The van der Waals surface area contributed by atoms with E-state index in [0.717, 1.165) is 46.7 Å². The van der Waals surface area contributed by atoms with Crippen LogP contribution in [0.2, 0.25) is 0 Å². The molecule has 1 atom stereocenters. The highest BCUT2D eigenvalue weighted by Gasteiger charge is 2.19. The fourth-order valence-electron chi connectivity index (χ4n) is 3.51. The Morgan fingerprint density at radius 1 is 1.32 bits per heavy atom. The van der Waals surface area contributed by atoms with E-state index in [2.05, 4.69) is 15.3 Å². The van der Waals surface area contributed by atoms with E-state index < -0.39 is 0 Å². The maximum absolute atomic E-state index is 12.9. The number of nitrogens with zero attached hydrogens (tertiary/aromatic N) is 2. The predicted molar refractivity (Wildman–Crippen MR) is 110 cm³/mol. The molecule has 1 unspecified atom stereocenters. The molecule has 0 spiro atoms. The quantitative estimate of drug-likeness (QED) is 0.690. The first-order valence-electron chi connectivity index (χ1n) is 9.41. The number of amides is 1. The lowest BCUT2D eigenvalue weighted by atomic mass is 10.1. The first-order chi connectivity index (χ1) is 13.5. The van der Waals surface area contributed by atoms with Gasteiger partial charge in [-0.25, -0.2) is 9.97 Å². The van der Waals surface area contributed by atoms with Gasteiger partial charge in [0.25, 0.3) is 5.91 Å². The van der Waals surface area contributed by atoms with Crippen LogP contribution in [0.25, 0.3) is 10.2 Å². The molecule has 1 fully saturated rings. The van der Waals surface area contributed by atoms with Crippen LogP contribution in [0.5, 0.6) is 5.75 Å². The summed E-state index contributed by atoms with van der Waals surface area (Å²) in [6.07, 6.45) is 2.28. The van der Waals surface area contributed by atoms with Gasteiger partial charge in [0.2, 0.25) is 0 Å². The van der Waals surface area contributed by atoms with E-state index in [4.69, 9.17) is 9.47 Å². The zero-order valence-electron chi connectivity index (χ0n) is 16.2. The molecule has 1 aliphatic heterocycles. The number of benzene rings is 1. The second kappa shape index (κ2) is 7.85. The molecule has 0 radical (unpaired) electrons. The molecule has 1 amide bonds. The number of rotatable bonds is 5. The molecule has 146 valence electrons. The van der Waals surface area contributed by atoms with Crippen molar-refractivity contribution in [3.05, 3.63) is 46.2 Å².